The molecule has 0 bridgehead atoms. The van der Waals surface area contributed by atoms with E-state index in [1.807, 2.05) is 55.5 Å². The van der Waals surface area contributed by atoms with Crippen molar-refractivity contribution in [3.05, 3.63) is 48.5 Å². The minimum absolute atomic E-state index is 0.491. The maximum Gasteiger partial charge on any atom is 0.161 e. The molecule has 5 heteroatoms. The smallest absolute Gasteiger partial charge is 0.161 e. The molecule has 3 rings (SSSR count). The summed E-state index contributed by atoms with van der Waals surface area (Å²) in [6.45, 7) is 3.66. The molecule has 5 nitrogen and oxygen atoms in total. The summed E-state index contributed by atoms with van der Waals surface area (Å²) in [4.78, 5) is 1.66. The maximum atomic E-state index is 5.76. The van der Waals surface area contributed by atoms with Crippen molar-refractivity contribution in [1.82, 2.24) is 15.0 Å². The Hall–Kier alpha value is -2.56. The van der Waals surface area contributed by atoms with E-state index < -0.39 is 0 Å². The number of hydrogen-bond acceptors (Lipinski definition) is 4. The third-order valence-corrected chi connectivity index (χ3v) is 3.03. The molecule has 0 amide bonds. The first-order valence-electron chi connectivity index (χ1n) is 7.01. The summed E-state index contributed by atoms with van der Waals surface area (Å²) in [5.74, 6) is 1.51. The van der Waals surface area contributed by atoms with Crippen molar-refractivity contribution in [3.8, 4) is 11.5 Å². The van der Waals surface area contributed by atoms with Crippen LogP contribution < -0.4 is 9.47 Å². The lowest BCUT2D eigenvalue weighted by Gasteiger charge is -2.11. The number of benzene rings is 2. The van der Waals surface area contributed by atoms with Crippen LogP contribution in [-0.4, -0.2) is 28.2 Å². The van der Waals surface area contributed by atoms with E-state index in [1.165, 1.54) is 0 Å². The van der Waals surface area contributed by atoms with E-state index in [0.29, 0.717) is 19.8 Å². The highest BCUT2D eigenvalue weighted by Crippen LogP contribution is 2.26. The molecule has 0 fully saturated rings. The lowest BCUT2D eigenvalue weighted by atomic mass is 10.3. The maximum absolute atomic E-state index is 5.76. The highest BCUT2D eigenvalue weighted by molar-refractivity contribution is 5.72. The molecule has 0 aliphatic heterocycles. The molecule has 1 aromatic heterocycles. The average molecular weight is 283 g/mol. The van der Waals surface area contributed by atoms with Crippen LogP contribution in [0.4, 0.5) is 0 Å². The van der Waals surface area contributed by atoms with Crippen LogP contribution in [0.25, 0.3) is 11.0 Å². The summed E-state index contributed by atoms with van der Waals surface area (Å²) in [6, 6.07) is 15.5. The van der Waals surface area contributed by atoms with Gasteiger partial charge >= 0.3 is 0 Å². The normalized spacial score (nSPS) is 10.7. The average Bonchev–Trinajstić information content (AvgIpc) is 2.92. The zero-order chi connectivity index (χ0) is 14.5. The second-order valence-electron chi connectivity index (χ2n) is 4.51. The first-order chi connectivity index (χ1) is 10.4. The van der Waals surface area contributed by atoms with Crippen LogP contribution in [0.2, 0.25) is 0 Å². The molecule has 0 spiro atoms. The van der Waals surface area contributed by atoms with Crippen molar-refractivity contribution in [2.75, 3.05) is 13.2 Å². The van der Waals surface area contributed by atoms with Gasteiger partial charge in [0, 0.05) is 0 Å². The van der Waals surface area contributed by atoms with Gasteiger partial charge in [-0.25, -0.2) is 0 Å². The van der Waals surface area contributed by atoms with E-state index in [2.05, 4.69) is 10.2 Å². The number of fused-ring (bicyclic) bond motifs is 1. The Labute approximate surface area is 123 Å². The molecular weight excluding hydrogens is 266 g/mol. The first kappa shape index (κ1) is 13.4. The van der Waals surface area contributed by atoms with Crippen molar-refractivity contribution in [2.45, 2.75) is 13.5 Å². The molecule has 0 saturated carbocycles. The minimum atomic E-state index is 0.491. The second-order valence-corrected chi connectivity index (χ2v) is 4.51. The van der Waals surface area contributed by atoms with Crippen LogP contribution in [0.3, 0.4) is 0 Å². The van der Waals surface area contributed by atoms with Gasteiger partial charge in [-0.3, -0.25) is 0 Å². The predicted molar refractivity (Wildman–Crippen MR) is 80.6 cm³/mol. The van der Waals surface area contributed by atoms with Crippen LogP contribution in [0.5, 0.6) is 11.5 Å². The summed E-state index contributed by atoms with van der Waals surface area (Å²) in [7, 11) is 0. The van der Waals surface area contributed by atoms with Gasteiger partial charge in [-0.1, -0.05) is 24.3 Å². The van der Waals surface area contributed by atoms with Crippen LogP contribution in [0.1, 0.15) is 6.92 Å². The van der Waals surface area contributed by atoms with Crippen molar-refractivity contribution < 1.29 is 9.47 Å². The Morgan fingerprint density at radius 2 is 1.43 bits per heavy atom. The summed E-state index contributed by atoms with van der Waals surface area (Å²) in [5.41, 5.74) is 1.79. The topological polar surface area (TPSA) is 49.2 Å². The van der Waals surface area contributed by atoms with Crippen molar-refractivity contribution in [1.29, 1.82) is 0 Å². The van der Waals surface area contributed by atoms with Gasteiger partial charge in [-0.05, 0) is 31.2 Å². The van der Waals surface area contributed by atoms with Gasteiger partial charge < -0.3 is 9.47 Å². The third-order valence-electron chi connectivity index (χ3n) is 3.03. The highest BCUT2D eigenvalue weighted by atomic mass is 16.5. The van der Waals surface area contributed by atoms with E-state index in [0.717, 1.165) is 22.5 Å². The molecule has 0 radical (unpaired) electrons. The highest BCUT2D eigenvalue weighted by Gasteiger charge is 2.05. The fourth-order valence-corrected chi connectivity index (χ4v) is 2.09. The van der Waals surface area contributed by atoms with Crippen LogP contribution in [0, 0.1) is 0 Å². The second kappa shape index (κ2) is 6.26. The minimum Gasteiger partial charge on any atom is -0.490 e. The van der Waals surface area contributed by atoms with Crippen LogP contribution in [-0.2, 0) is 6.54 Å². The zero-order valence-corrected chi connectivity index (χ0v) is 11.9. The van der Waals surface area contributed by atoms with Gasteiger partial charge in [-0.15, -0.1) is 0 Å². The number of nitrogens with zero attached hydrogens (tertiary/aromatic N) is 3. The monoisotopic (exact) mass is 283 g/mol. The Kier molecular flexibility index (Phi) is 4.00. The summed E-state index contributed by atoms with van der Waals surface area (Å²) >= 11 is 0. The molecule has 108 valence electrons. The molecule has 0 unspecified atom stereocenters. The Bertz CT molecular complexity index is 691. The largest absolute Gasteiger partial charge is 0.490 e. The van der Waals surface area contributed by atoms with Gasteiger partial charge in [0.25, 0.3) is 0 Å². The standard InChI is InChI=1S/C16H17N3O2/c1-2-20-15-9-5-6-10-16(15)21-12-11-19-17-13-7-3-4-8-14(13)18-19/h3-10H,2,11-12H2,1H3. The summed E-state index contributed by atoms with van der Waals surface area (Å²) < 4.78 is 11.3. The molecule has 0 aliphatic carbocycles. The number of ether oxygens (including phenoxy) is 2. The molecule has 1 heterocycles. The van der Waals surface area contributed by atoms with E-state index in [1.54, 1.807) is 4.80 Å². The number of aromatic nitrogens is 3. The Balaban J connectivity index is 1.63. The lowest BCUT2D eigenvalue weighted by molar-refractivity contribution is 0.257. The van der Waals surface area contributed by atoms with E-state index in [9.17, 15) is 0 Å². The zero-order valence-electron chi connectivity index (χ0n) is 11.9. The van der Waals surface area contributed by atoms with Gasteiger partial charge in [0.15, 0.2) is 11.5 Å². The molecular formula is C16H17N3O2. The van der Waals surface area contributed by atoms with Crippen molar-refractivity contribution in [2.24, 2.45) is 0 Å². The van der Waals surface area contributed by atoms with Gasteiger partial charge in [0.05, 0.1) is 13.2 Å². The quantitative estimate of drug-likeness (QED) is 0.698. The van der Waals surface area contributed by atoms with Crippen molar-refractivity contribution in [3.63, 3.8) is 0 Å². The molecule has 3 aromatic rings. The first-order valence-corrected chi connectivity index (χ1v) is 7.01. The number of hydrogen-bond donors (Lipinski definition) is 0. The van der Waals surface area contributed by atoms with Gasteiger partial charge in [0.2, 0.25) is 0 Å². The van der Waals surface area contributed by atoms with E-state index in [4.69, 9.17) is 9.47 Å². The van der Waals surface area contributed by atoms with E-state index >= 15 is 0 Å². The molecule has 0 saturated heterocycles. The number of para-hydroxylation sites is 2. The van der Waals surface area contributed by atoms with E-state index in [-0.39, 0.29) is 0 Å². The fraction of sp³-hybridized carbons (Fsp3) is 0.250. The lowest BCUT2D eigenvalue weighted by Crippen LogP contribution is -2.11. The SMILES string of the molecule is CCOc1ccccc1OCCn1nc2ccccc2n1. The molecule has 21 heavy (non-hydrogen) atoms. The fourth-order valence-electron chi connectivity index (χ4n) is 2.09. The molecule has 2 aromatic carbocycles. The molecule has 0 aliphatic rings. The number of rotatable bonds is 6. The van der Waals surface area contributed by atoms with Crippen molar-refractivity contribution >= 4 is 11.0 Å². The summed E-state index contributed by atoms with van der Waals surface area (Å²) in [5, 5.41) is 8.79. The molecule has 0 N–H and O–H groups in total. The molecule has 0 atom stereocenters. The predicted octanol–water partition coefficient (Wildman–Crippen LogP) is 2.91. The van der Waals surface area contributed by atoms with Gasteiger partial charge in [-0.2, -0.15) is 15.0 Å². The Morgan fingerprint density at radius 1 is 0.857 bits per heavy atom. The summed E-state index contributed by atoms with van der Waals surface area (Å²) in [6.07, 6.45) is 0. The van der Waals surface area contributed by atoms with Crippen LogP contribution >= 0.6 is 0 Å². The Morgan fingerprint density at radius 3 is 2.05 bits per heavy atom. The van der Waals surface area contributed by atoms with Gasteiger partial charge in [0.1, 0.15) is 17.6 Å². The van der Waals surface area contributed by atoms with Crippen LogP contribution in [0.15, 0.2) is 48.5 Å². The third kappa shape index (κ3) is 3.13.